The molecule has 1 amide bonds. The molecular formula is C13H10Cl2N2O4. The Kier molecular flexibility index (Phi) is 4.11. The van der Waals surface area contributed by atoms with Crippen LogP contribution in [0, 0.1) is 0 Å². The number of hydrogen-bond acceptors (Lipinski definition) is 3. The molecular weight excluding hydrogens is 319 g/mol. The molecule has 2 aromatic rings. The van der Waals surface area contributed by atoms with E-state index in [2.05, 4.69) is 5.32 Å². The standard InChI is InChI=1S/C13H10Cl2N2O4/c1-17-9(5-7(14)11(17)15)12(19)16-8-4-6(13(20)21)2-3-10(8)18/h2-5,18H,1H3,(H,16,19)(H,20,21). The van der Waals surface area contributed by atoms with Gasteiger partial charge >= 0.3 is 5.97 Å². The lowest BCUT2D eigenvalue weighted by Crippen LogP contribution is -2.16. The maximum Gasteiger partial charge on any atom is 0.335 e. The van der Waals surface area contributed by atoms with Crippen molar-refractivity contribution in [1.82, 2.24) is 4.57 Å². The normalized spacial score (nSPS) is 10.4. The van der Waals surface area contributed by atoms with Gasteiger partial charge in [-0.3, -0.25) is 4.79 Å². The van der Waals surface area contributed by atoms with Crippen LogP contribution >= 0.6 is 23.2 Å². The fraction of sp³-hybridized carbons (Fsp3) is 0.0769. The van der Waals surface area contributed by atoms with Gasteiger partial charge in [-0.2, -0.15) is 0 Å². The zero-order chi connectivity index (χ0) is 15.7. The average Bonchev–Trinajstić information content (AvgIpc) is 2.68. The minimum absolute atomic E-state index is 0.0201. The Morgan fingerprint density at radius 3 is 2.43 bits per heavy atom. The van der Waals surface area contributed by atoms with E-state index in [1.807, 2.05) is 0 Å². The van der Waals surface area contributed by atoms with E-state index in [1.54, 1.807) is 7.05 Å². The van der Waals surface area contributed by atoms with E-state index in [1.165, 1.54) is 22.8 Å². The number of phenols is 1. The topological polar surface area (TPSA) is 91.6 Å². The minimum atomic E-state index is -1.17. The Bertz CT molecular complexity index is 740. The van der Waals surface area contributed by atoms with Gasteiger partial charge in [-0.25, -0.2) is 4.79 Å². The van der Waals surface area contributed by atoms with Crippen LogP contribution in [0.25, 0.3) is 0 Å². The van der Waals surface area contributed by atoms with Crippen molar-refractivity contribution in [3.63, 3.8) is 0 Å². The first-order valence-electron chi connectivity index (χ1n) is 5.69. The molecule has 0 atom stereocenters. The van der Waals surface area contributed by atoms with Gasteiger partial charge in [0.05, 0.1) is 16.3 Å². The summed E-state index contributed by atoms with van der Waals surface area (Å²) in [5.41, 5.74) is 0.0875. The number of anilines is 1. The lowest BCUT2D eigenvalue weighted by Gasteiger charge is -2.09. The molecule has 21 heavy (non-hydrogen) atoms. The third-order valence-electron chi connectivity index (χ3n) is 2.84. The Balaban J connectivity index is 2.33. The van der Waals surface area contributed by atoms with Gasteiger partial charge < -0.3 is 20.1 Å². The number of aromatic carboxylic acids is 1. The summed E-state index contributed by atoms with van der Waals surface area (Å²) in [4.78, 5) is 23.0. The summed E-state index contributed by atoms with van der Waals surface area (Å²) in [7, 11) is 1.55. The van der Waals surface area contributed by atoms with E-state index < -0.39 is 11.9 Å². The van der Waals surface area contributed by atoms with Crippen molar-refractivity contribution in [3.8, 4) is 5.75 Å². The summed E-state index contributed by atoms with van der Waals surface area (Å²) in [6.07, 6.45) is 0. The summed E-state index contributed by atoms with van der Waals surface area (Å²) in [5.74, 6) is -2.00. The van der Waals surface area contributed by atoms with E-state index in [9.17, 15) is 14.7 Å². The molecule has 0 saturated heterocycles. The van der Waals surface area contributed by atoms with Crippen LogP contribution in [-0.2, 0) is 7.05 Å². The zero-order valence-corrected chi connectivity index (χ0v) is 12.2. The Morgan fingerprint density at radius 1 is 1.24 bits per heavy atom. The number of nitrogens with zero attached hydrogens (tertiary/aromatic N) is 1. The second-order valence-corrected chi connectivity index (χ2v) is 4.98. The van der Waals surface area contributed by atoms with Gasteiger partial charge in [-0.1, -0.05) is 23.2 Å². The number of carboxylic acids is 1. The fourth-order valence-electron chi connectivity index (χ4n) is 1.72. The van der Waals surface area contributed by atoms with Crippen molar-refractivity contribution in [2.75, 3.05) is 5.32 Å². The maximum absolute atomic E-state index is 12.1. The van der Waals surface area contributed by atoms with E-state index in [4.69, 9.17) is 28.3 Å². The second-order valence-electron chi connectivity index (χ2n) is 4.22. The number of halogens is 2. The number of rotatable bonds is 3. The quantitative estimate of drug-likeness (QED) is 0.755. The van der Waals surface area contributed by atoms with Gasteiger partial charge in [0.1, 0.15) is 16.6 Å². The van der Waals surface area contributed by atoms with E-state index >= 15 is 0 Å². The number of benzene rings is 1. The van der Waals surface area contributed by atoms with Crippen LogP contribution in [0.15, 0.2) is 24.3 Å². The number of carbonyl (C=O) groups is 2. The lowest BCUT2D eigenvalue weighted by atomic mass is 10.2. The molecule has 0 spiro atoms. The van der Waals surface area contributed by atoms with Crippen molar-refractivity contribution >= 4 is 40.8 Å². The molecule has 2 rings (SSSR count). The Labute approximate surface area is 129 Å². The molecule has 1 aromatic carbocycles. The molecule has 0 aliphatic heterocycles. The highest BCUT2D eigenvalue weighted by Crippen LogP contribution is 2.28. The summed E-state index contributed by atoms with van der Waals surface area (Å²) in [6, 6.07) is 4.94. The predicted octanol–water partition coefficient (Wildman–Crippen LogP) is 2.99. The van der Waals surface area contributed by atoms with E-state index in [0.29, 0.717) is 0 Å². The van der Waals surface area contributed by atoms with Crippen LogP contribution < -0.4 is 5.32 Å². The van der Waals surface area contributed by atoms with Gasteiger partial charge in [0, 0.05) is 7.05 Å². The first-order valence-corrected chi connectivity index (χ1v) is 6.45. The van der Waals surface area contributed by atoms with E-state index in [-0.39, 0.29) is 32.9 Å². The maximum atomic E-state index is 12.1. The van der Waals surface area contributed by atoms with Gasteiger partial charge in [-0.05, 0) is 24.3 Å². The summed E-state index contributed by atoms with van der Waals surface area (Å²) >= 11 is 11.7. The number of amides is 1. The van der Waals surface area contributed by atoms with Crippen molar-refractivity contribution in [2.45, 2.75) is 0 Å². The summed E-state index contributed by atoms with van der Waals surface area (Å²) < 4.78 is 1.37. The molecule has 110 valence electrons. The van der Waals surface area contributed by atoms with Crippen LogP contribution in [0.4, 0.5) is 5.69 Å². The first-order chi connectivity index (χ1) is 9.81. The molecule has 8 heteroatoms. The predicted molar refractivity (Wildman–Crippen MR) is 78.5 cm³/mol. The molecule has 0 radical (unpaired) electrons. The van der Waals surface area contributed by atoms with Gasteiger partial charge in [0.25, 0.3) is 5.91 Å². The summed E-state index contributed by atoms with van der Waals surface area (Å²) in [5, 5.41) is 21.4. The molecule has 0 fully saturated rings. The first kappa shape index (κ1) is 15.2. The lowest BCUT2D eigenvalue weighted by molar-refractivity contribution is 0.0696. The number of aromatic hydroxyl groups is 1. The monoisotopic (exact) mass is 328 g/mol. The molecule has 3 N–H and O–H groups in total. The van der Waals surface area contributed by atoms with Gasteiger partial charge in [-0.15, -0.1) is 0 Å². The molecule has 0 unspecified atom stereocenters. The van der Waals surface area contributed by atoms with Gasteiger partial charge in [0.15, 0.2) is 0 Å². The van der Waals surface area contributed by atoms with Crippen molar-refractivity contribution in [2.24, 2.45) is 7.05 Å². The van der Waals surface area contributed by atoms with E-state index in [0.717, 1.165) is 6.07 Å². The van der Waals surface area contributed by atoms with Crippen LogP contribution in [0.5, 0.6) is 5.75 Å². The van der Waals surface area contributed by atoms with Crippen molar-refractivity contribution in [1.29, 1.82) is 0 Å². The number of carbonyl (C=O) groups excluding carboxylic acids is 1. The molecule has 1 heterocycles. The van der Waals surface area contributed by atoms with Crippen LogP contribution in [0.1, 0.15) is 20.8 Å². The molecule has 6 nitrogen and oxygen atoms in total. The number of carboxylic acid groups (broad SMARTS) is 1. The molecule has 0 aliphatic rings. The summed E-state index contributed by atoms with van der Waals surface area (Å²) in [6.45, 7) is 0. The highest BCUT2D eigenvalue weighted by atomic mass is 35.5. The molecule has 0 saturated carbocycles. The smallest absolute Gasteiger partial charge is 0.335 e. The third-order valence-corrected chi connectivity index (χ3v) is 3.68. The second kappa shape index (κ2) is 5.67. The van der Waals surface area contributed by atoms with Crippen LogP contribution in [-0.4, -0.2) is 26.7 Å². The van der Waals surface area contributed by atoms with Crippen LogP contribution in [0.3, 0.4) is 0 Å². The highest BCUT2D eigenvalue weighted by Gasteiger charge is 2.17. The fourth-order valence-corrected chi connectivity index (χ4v) is 2.09. The average molecular weight is 329 g/mol. The molecule has 0 aliphatic carbocycles. The number of phenolic OH excluding ortho intramolecular Hbond substituents is 1. The molecule has 0 bridgehead atoms. The van der Waals surface area contributed by atoms with Gasteiger partial charge in [0.2, 0.25) is 0 Å². The number of hydrogen-bond donors (Lipinski definition) is 3. The number of nitrogens with one attached hydrogen (secondary N) is 1. The molecule has 1 aromatic heterocycles. The van der Waals surface area contributed by atoms with Crippen molar-refractivity contribution < 1.29 is 19.8 Å². The Morgan fingerprint density at radius 2 is 1.90 bits per heavy atom. The largest absolute Gasteiger partial charge is 0.506 e. The highest BCUT2D eigenvalue weighted by molar-refractivity contribution is 6.42. The Hall–Kier alpha value is -2.18. The zero-order valence-electron chi connectivity index (χ0n) is 10.7. The van der Waals surface area contributed by atoms with Crippen LogP contribution in [0.2, 0.25) is 10.2 Å². The SMILES string of the molecule is Cn1c(C(=O)Nc2cc(C(=O)O)ccc2O)cc(Cl)c1Cl. The number of aromatic nitrogens is 1. The minimum Gasteiger partial charge on any atom is -0.506 e. The third kappa shape index (κ3) is 2.96. The van der Waals surface area contributed by atoms with Crippen molar-refractivity contribution in [3.05, 3.63) is 45.7 Å².